The number of carbonyl (C=O) groups excluding carboxylic acids is 2. The monoisotopic (exact) mass is 243 g/mol. The van der Waals surface area contributed by atoms with Crippen LogP contribution in [0, 0.1) is 0 Å². The zero-order valence-corrected chi connectivity index (χ0v) is 9.97. The Morgan fingerprint density at radius 1 is 1.53 bits per heavy atom. The molecule has 0 aromatic heterocycles. The minimum atomic E-state index is -1.09. The smallest absolute Gasteiger partial charge is 0.328 e. The van der Waals surface area contributed by atoms with E-state index in [0.29, 0.717) is 6.54 Å². The second-order valence-electron chi connectivity index (χ2n) is 4.23. The van der Waals surface area contributed by atoms with Crippen LogP contribution in [-0.2, 0) is 14.4 Å². The van der Waals surface area contributed by atoms with E-state index < -0.39 is 12.0 Å². The van der Waals surface area contributed by atoms with E-state index in [1.807, 2.05) is 19.0 Å². The molecule has 1 fully saturated rings. The van der Waals surface area contributed by atoms with Gasteiger partial charge in [-0.05, 0) is 14.1 Å². The molecular weight excluding hydrogens is 226 g/mol. The molecule has 0 bridgehead atoms. The molecule has 2 N–H and O–H groups in total. The predicted molar refractivity (Wildman–Crippen MR) is 59.3 cm³/mol. The molecule has 1 atom stereocenters. The van der Waals surface area contributed by atoms with Gasteiger partial charge in [0, 0.05) is 19.5 Å². The van der Waals surface area contributed by atoms with E-state index in [4.69, 9.17) is 5.11 Å². The Balaban J connectivity index is 2.65. The summed E-state index contributed by atoms with van der Waals surface area (Å²) in [5.41, 5.74) is 0. The molecule has 1 aliphatic rings. The van der Waals surface area contributed by atoms with Gasteiger partial charge in [0.25, 0.3) is 0 Å². The normalized spacial score (nSPS) is 20.3. The van der Waals surface area contributed by atoms with Crippen LogP contribution in [0.1, 0.15) is 6.42 Å². The third-order valence-electron chi connectivity index (χ3n) is 2.56. The summed E-state index contributed by atoms with van der Waals surface area (Å²) in [5.74, 6) is -1.72. The SMILES string of the molecule is CN(C)CCC(=O)N1CC(=O)NCC1C(=O)O. The fourth-order valence-corrected chi connectivity index (χ4v) is 1.59. The molecular formula is C10H17N3O4. The van der Waals surface area contributed by atoms with Crippen molar-refractivity contribution in [3.63, 3.8) is 0 Å². The molecule has 1 saturated heterocycles. The van der Waals surface area contributed by atoms with Crippen molar-refractivity contribution in [1.82, 2.24) is 15.1 Å². The molecule has 0 aliphatic carbocycles. The first-order chi connectivity index (χ1) is 7.91. The highest BCUT2D eigenvalue weighted by Crippen LogP contribution is 2.07. The molecule has 7 nitrogen and oxygen atoms in total. The molecule has 1 heterocycles. The van der Waals surface area contributed by atoms with Crippen LogP contribution >= 0.6 is 0 Å². The summed E-state index contributed by atoms with van der Waals surface area (Å²) < 4.78 is 0. The molecule has 1 rings (SSSR count). The topological polar surface area (TPSA) is 90.0 Å². The number of nitrogens with one attached hydrogen (secondary N) is 1. The van der Waals surface area contributed by atoms with Crippen molar-refractivity contribution < 1.29 is 19.5 Å². The fourth-order valence-electron chi connectivity index (χ4n) is 1.59. The molecule has 1 aliphatic heterocycles. The van der Waals surface area contributed by atoms with Gasteiger partial charge in [-0.15, -0.1) is 0 Å². The zero-order chi connectivity index (χ0) is 13.0. The summed E-state index contributed by atoms with van der Waals surface area (Å²) in [6.45, 7) is 0.328. The van der Waals surface area contributed by atoms with Gasteiger partial charge < -0.3 is 20.2 Å². The van der Waals surface area contributed by atoms with Gasteiger partial charge in [-0.1, -0.05) is 0 Å². The molecule has 0 spiro atoms. The van der Waals surface area contributed by atoms with Crippen molar-refractivity contribution in [3.8, 4) is 0 Å². The van der Waals surface area contributed by atoms with Crippen molar-refractivity contribution in [2.75, 3.05) is 33.7 Å². The maximum Gasteiger partial charge on any atom is 0.328 e. The Bertz CT molecular complexity index is 330. The standard InChI is InChI=1S/C10H17N3O4/c1-12(2)4-3-9(15)13-6-8(14)11-5-7(13)10(16)17/h7H,3-6H2,1-2H3,(H,11,14)(H,16,17). The summed E-state index contributed by atoms with van der Waals surface area (Å²) >= 11 is 0. The number of hydrogen-bond donors (Lipinski definition) is 2. The number of carbonyl (C=O) groups is 3. The van der Waals surface area contributed by atoms with E-state index in [0.717, 1.165) is 4.90 Å². The van der Waals surface area contributed by atoms with Crippen LogP contribution in [0.4, 0.5) is 0 Å². The lowest BCUT2D eigenvalue weighted by atomic mass is 10.1. The van der Waals surface area contributed by atoms with Gasteiger partial charge in [-0.3, -0.25) is 9.59 Å². The van der Waals surface area contributed by atoms with Gasteiger partial charge in [0.1, 0.15) is 12.6 Å². The Labute approximate surface area is 99.4 Å². The number of amides is 2. The molecule has 7 heteroatoms. The minimum Gasteiger partial charge on any atom is -0.480 e. The number of hydrogen-bond acceptors (Lipinski definition) is 4. The third-order valence-corrected chi connectivity index (χ3v) is 2.56. The Morgan fingerprint density at radius 2 is 2.18 bits per heavy atom. The lowest BCUT2D eigenvalue weighted by Crippen LogP contribution is -2.59. The van der Waals surface area contributed by atoms with Crippen LogP contribution < -0.4 is 5.32 Å². The molecule has 0 aromatic carbocycles. The van der Waals surface area contributed by atoms with Gasteiger partial charge in [0.2, 0.25) is 11.8 Å². The zero-order valence-electron chi connectivity index (χ0n) is 9.97. The first-order valence-electron chi connectivity index (χ1n) is 5.35. The summed E-state index contributed by atoms with van der Waals surface area (Å²) in [5, 5.41) is 11.4. The van der Waals surface area contributed by atoms with E-state index in [-0.39, 0.29) is 31.3 Å². The molecule has 17 heavy (non-hydrogen) atoms. The summed E-state index contributed by atoms with van der Waals surface area (Å²) in [6, 6.07) is -0.956. The Kier molecular flexibility index (Phi) is 4.45. The second-order valence-corrected chi connectivity index (χ2v) is 4.23. The van der Waals surface area contributed by atoms with Gasteiger partial charge in [-0.2, -0.15) is 0 Å². The third kappa shape index (κ3) is 3.70. The van der Waals surface area contributed by atoms with E-state index in [9.17, 15) is 14.4 Å². The first-order valence-corrected chi connectivity index (χ1v) is 5.35. The molecule has 0 saturated carbocycles. The van der Waals surface area contributed by atoms with Crippen molar-refractivity contribution in [2.45, 2.75) is 12.5 Å². The van der Waals surface area contributed by atoms with E-state index in [1.165, 1.54) is 0 Å². The van der Waals surface area contributed by atoms with Crippen LogP contribution in [-0.4, -0.2) is 72.5 Å². The first kappa shape index (κ1) is 13.4. The second kappa shape index (κ2) is 5.62. The molecule has 0 aromatic rings. The highest BCUT2D eigenvalue weighted by atomic mass is 16.4. The van der Waals surface area contributed by atoms with Crippen LogP contribution in [0.3, 0.4) is 0 Å². The lowest BCUT2D eigenvalue weighted by molar-refractivity contribution is -0.154. The molecule has 96 valence electrons. The molecule has 1 unspecified atom stereocenters. The summed E-state index contributed by atoms with van der Waals surface area (Å²) in [6.07, 6.45) is 0.212. The summed E-state index contributed by atoms with van der Waals surface area (Å²) in [7, 11) is 3.65. The van der Waals surface area contributed by atoms with Crippen LogP contribution in [0.5, 0.6) is 0 Å². The van der Waals surface area contributed by atoms with Gasteiger partial charge in [0.15, 0.2) is 0 Å². The molecule has 0 radical (unpaired) electrons. The number of piperazine rings is 1. The fraction of sp³-hybridized carbons (Fsp3) is 0.700. The maximum atomic E-state index is 11.8. The number of carboxylic acid groups (broad SMARTS) is 1. The van der Waals surface area contributed by atoms with Crippen LogP contribution in [0.25, 0.3) is 0 Å². The van der Waals surface area contributed by atoms with Gasteiger partial charge in [0.05, 0.1) is 0 Å². The number of nitrogens with zero attached hydrogens (tertiary/aromatic N) is 2. The largest absolute Gasteiger partial charge is 0.480 e. The number of aliphatic carboxylic acids is 1. The minimum absolute atomic E-state index is 0.0259. The van der Waals surface area contributed by atoms with E-state index >= 15 is 0 Å². The van der Waals surface area contributed by atoms with Gasteiger partial charge in [-0.25, -0.2) is 4.79 Å². The van der Waals surface area contributed by atoms with Gasteiger partial charge >= 0.3 is 5.97 Å². The Morgan fingerprint density at radius 3 is 2.71 bits per heavy atom. The van der Waals surface area contributed by atoms with Crippen molar-refractivity contribution >= 4 is 17.8 Å². The van der Waals surface area contributed by atoms with Crippen molar-refractivity contribution in [3.05, 3.63) is 0 Å². The lowest BCUT2D eigenvalue weighted by Gasteiger charge is -2.33. The van der Waals surface area contributed by atoms with Crippen molar-refractivity contribution in [1.29, 1.82) is 0 Å². The summed E-state index contributed by atoms with van der Waals surface area (Å²) in [4.78, 5) is 36.9. The van der Waals surface area contributed by atoms with Crippen molar-refractivity contribution in [2.24, 2.45) is 0 Å². The van der Waals surface area contributed by atoms with Crippen LogP contribution in [0.2, 0.25) is 0 Å². The number of carboxylic acids is 1. The maximum absolute atomic E-state index is 11.8. The average molecular weight is 243 g/mol. The Hall–Kier alpha value is -1.63. The quantitative estimate of drug-likeness (QED) is 0.617. The van der Waals surface area contributed by atoms with Crippen LogP contribution in [0.15, 0.2) is 0 Å². The molecule has 2 amide bonds. The highest BCUT2D eigenvalue weighted by molar-refractivity contribution is 5.91. The number of rotatable bonds is 4. The predicted octanol–water partition coefficient (Wildman–Crippen LogP) is -1.65. The van der Waals surface area contributed by atoms with E-state index in [1.54, 1.807) is 0 Å². The highest BCUT2D eigenvalue weighted by Gasteiger charge is 2.34. The van der Waals surface area contributed by atoms with E-state index in [2.05, 4.69) is 5.32 Å². The average Bonchev–Trinajstić information content (AvgIpc) is 2.25.